The lowest BCUT2D eigenvalue weighted by atomic mass is 10.0. The van der Waals surface area contributed by atoms with Crippen molar-refractivity contribution in [3.63, 3.8) is 0 Å². The molecule has 0 aromatic carbocycles. The summed E-state index contributed by atoms with van der Waals surface area (Å²) in [4.78, 5) is 37.6. The highest BCUT2D eigenvalue weighted by molar-refractivity contribution is 5.70. The maximum absolute atomic E-state index is 13.0. The molecule has 0 aliphatic heterocycles. The van der Waals surface area contributed by atoms with Crippen LogP contribution in [0.1, 0.15) is 322 Å². The average Bonchev–Trinajstić information content (AvgIpc) is 1.21. The van der Waals surface area contributed by atoms with Gasteiger partial charge in [-0.15, -0.1) is 0 Å². The highest BCUT2D eigenvalue weighted by atomic mass is 16.7. The zero-order chi connectivity index (χ0) is 73.2. The van der Waals surface area contributed by atoms with Gasteiger partial charge in [-0.3, -0.25) is 9.59 Å². The maximum atomic E-state index is 13.0. The normalized spacial score (nSPS) is 13.6. The summed E-state index contributed by atoms with van der Waals surface area (Å²) in [6.07, 6.45) is 119. The molecular formula is C92H151NO8. The van der Waals surface area contributed by atoms with E-state index in [0.29, 0.717) is 17.4 Å². The lowest BCUT2D eigenvalue weighted by molar-refractivity contribution is -0.870. The van der Waals surface area contributed by atoms with Crippen molar-refractivity contribution in [2.45, 2.75) is 334 Å². The number of rotatable bonds is 74. The number of carboxylic acid groups (broad SMARTS) is 1. The topological polar surface area (TPSA) is 111 Å². The summed E-state index contributed by atoms with van der Waals surface area (Å²) in [5.41, 5.74) is 0. The first-order valence-electron chi connectivity index (χ1n) is 40.9. The molecule has 0 saturated heterocycles. The molecule has 0 saturated carbocycles. The van der Waals surface area contributed by atoms with Crippen molar-refractivity contribution in [1.82, 2.24) is 0 Å². The number of likely N-dealkylation sites (N-methyl/N-ethyl adjacent to an activating group) is 1. The summed E-state index contributed by atoms with van der Waals surface area (Å²) in [7, 11) is 5.93. The fourth-order valence-corrected chi connectivity index (χ4v) is 11.0. The number of ether oxygens (including phenoxy) is 4. The molecule has 0 radical (unpaired) electrons. The molecule has 0 bridgehead atoms. The van der Waals surface area contributed by atoms with Gasteiger partial charge in [-0.25, -0.2) is 0 Å². The highest BCUT2D eigenvalue weighted by Gasteiger charge is 2.22. The molecule has 0 fully saturated rings. The molecule has 0 aromatic rings. The molecule has 0 rings (SSSR count). The second kappa shape index (κ2) is 80.1. The van der Waals surface area contributed by atoms with Gasteiger partial charge in [0, 0.05) is 12.8 Å². The van der Waals surface area contributed by atoms with Crippen LogP contribution in [-0.4, -0.2) is 82.3 Å². The van der Waals surface area contributed by atoms with Crippen LogP contribution in [0.4, 0.5) is 0 Å². The molecule has 0 heterocycles. The van der Waals surface area contributed by atoms with Gasteiger partial charge in [0.05, 0.1) is 40.3 Å². The second-order valence-electron chi connectivity index (χ2n) is 27.9. The molecule has 572 valence electrons. The van der Waals surface area contributed by atoms with E-state index in [1.807, 2.05) is 21.1 Å². The van der Waals surface area contributed by atoms with Crippen molar-refractivity contribution in [1.29, 1.82) is 0 Å². The number of nitrogens with zero attached hydrogens (tertiary/aromatic N) is 1. The van der Waals surface area contributed by atoms with Crippen LogP contribution in [0.2, 0.25) is 0 Å². The Bertz CT molecular complexity index is 2330. The van der Waals surface area contributed by atoms with Crippen molar-refractivity contribution in [2.24, 2.45) is 0 Å². The molecule has 0 aromatic heterocycles. The minimum Gasteiger partial charge on any atom is -0.545 e. The summed E-state index contributed by atoms with van der Waals surface area (Å²) >= 11 is 0. The summed E-state index contributed by atoms with van der Waals surface area (Å²) in [5, 5.41) is 11.9. The molecule has 0 aliphatic carbocycles. The van der Waals surface area contributed by atoms with Crippen LogP contribution < -0.4 is 5.11 Å². The van der Waals surface area contributed by atoms with Crippen LogP contribution >= 0.6 is 0 Å². The molecule has 2 atom stereocenters. The number of carboxylic acids is 1. The van der Waals surface area contributed by atoms with E-state index in [9.17, 15) is 19.5 Å². The Morgan fingerprint density at radius 1 is 0.297 bits per heavy atom. The van der Waals surface area contributed by atoms with Crippen LogP contribution in [0.5, 0.6) is 0 Å². The van der Waals surface area contributed by atoms with Crippen LogP contribution in [-0.2, 0) is 33.3 Å². The number of hydrogen-bond acceptors (Lipinski definition) is 8. The lowest BCUT2D eigenvalue weighted by Gasteiger charge is -2.26. The molecule has 0 spiro atoms. The number of carbonyl (C=O) groups excluding carboxylic acids is 3. The molecule has 9 nitrogen and oxygen atoms in total. The third-order valence-electron chi connectivity index (χ3n) is 17.1. The van der Waals surface area contributed by atoms with E-state index in [0.717, 1.165) is 135 Å². The van der Waals surface area contributed by atoms with Gasteiger partial charge >= 0.3 is 11.9 Å². The number of aliphatic carboxylic acids is 1. The van der Waals surface area contributed by atoms with E-state index in [1.165, 1.54) is 154 Å². The first-order chi connectivity index (χ1) is 49.6. The molecule has 0 amide bonds. The van der Waals surface area contributed by atoms with Crippen molar-refractivity contribution >= 4 is 17.9 Å². The fourth-order valence-electron chi connectivity index (χ4n) is 11.0. The predicted molar refractivity (Wildman–Crippen MR) is 435 cm³/mol. The van der Waals surface area contributed by atoms with Gasteiger partial charge in [-0.05, 0) is 135 Å². The van der Waals surface area contributed by atoms with Crippen molar-refractivity contribution in [2.75, 3.05) is 47.5 Å². The molecule has 101 heavy (non-hydrogen) atoms. The van der Waals surface area contributed by atoms with E-state index >= 15 is 0 Å². The molecular weight excluding hydrogens is 1250 g/mol. The molecule has 2 unspecified atom stereocenters. The van der Waals surface area contributed by atoms with E-state index in [4.69, 9.17) is 18.9 Å². The minimum atomic E-state index is -1.63. The van der Waals surface area contributed by atoms with Crippen LogP contribution in [0.15, 0.2) is 182 Å². The fraction of sp³-hybridized carbons (Fsp3) is 0.641. The van der Waals surface area contributed by atoms with Gasteiger partial charge < -0.3 is 33.3 Å². The molecule has 0 aliphatic rings. The summed E-state index contributed by atoms with van der Waals surface area (Å²) in [6.45, 7) is 4.53. The summed E-state index contributed by atoms with van der Waals surface area (Å²) in [5.74, 6) is -2.28. The number of carbonyl (C=O) groups is 3. The van der Waals surface area contributed by atoms with Crippen LogP contribution in [0.25, 0.3) is 0 Å². The van der Waals surface area contributed by atoms with Crippen molar-refractivity contribution in [3.8, 4) is 0 Å². The van der Waals surface area contributed by atoms with Gasteiger partial charge in [0.1, 0.15) is 13.2 Å². The zero-order valence-electron chi connectivity index (χ0n) is 65.5. The van der Waals surface area contributed by atoms with E-state index in [-0.39, 0.29) is 38.6 Å². The quantitative estimate of drug-likeness (QED) is 0.0195. The van der Waals surface area contributed by atoms with Gasteiger partial charge in [-0.1, -0.05) is 357 Å². The van der Waals surface area contributed by atoms with E-state index in [1.54, 1.807) is 0 Å². The van der Waals surface area contributed by atoms with Gasteiger partial charge in [0.15, 0.2) is 12.4 Å². The van der Waals surface area contributed by atoms with Crippen LogP contribution in [0.3, 0.4) is 0 Å². The number of esters is 2. The van der Waals surface area contributed by atoms with E-state index in [2.05, 4.69) is 196 Å². The standard InChI is InChI=1S/C92H151NO8/c1-6-8-10-12-14-16-18-20-22-24-26-28-30-32-34-36-38-40-42-43-44-45-46-47-49-51-53-55-57-59-61-63-65-67-69-71-73-75-77-79-81-83-90(95)101-88(87-100-92(91(96)97)98-85-84-93(3,4)5)86-99-89(94)82-80-78-76-74-72-70-68-66-64-62-60-58-56-54-52-50-48-41-39-37-35-33-31-29-27-25-23-21-19-17-15-13-11-9-7-2/h8-11,14-17,20-23,26-29,32-35,38-41,43-44,46-47,51,53,88,92H,6-7,12-13,18-19,24-25,30-31,36-37,42,45,48-50,52,54-87H2,1-5H3/b10-8-,11-9-,16-14-,17-15-,22-20-,23-21-,28-26-,29-27-,34-32-,35-33-,40-38-,41-39-,44-43-,47-46-,53-51-. The van der Waals surface area contributed by atoms with E-state index < -0.39 is 24.3 Å². The van der Waals surface area contributed by atoms with Crippen molar-refractivity contribution in [3.05, 3.63) is 182 Å². The number of quaternary nitrogens is 1. The second-order valence-corrected chi connectivity index (χ2v) is 27.9. The molecule has 9 heteroatoms. The first kappa shape index (κ1) is 95.4. The number of hydrogen-bond donors (Lipinski definition) is 0. The summed E-state index contributed by atoms with van der Waals surface area (Å²) in [6, 6.07) is 0. The Kier molecular flexibility index (Phi) is 75.6. The smallest absolute Gasteiger partial charge is 0.306 e. The maximum Gasteiger partial charge on any atom is 0.306 e. The Labute approximate surface area is 621 Å². The Hall–Kier alpha value is -5.61. The third-order valence-corrected chi connectivity index (χ3v) is 17.1. The monoisotopic (exact) mass is 1400 g/mol. The van der Waals surface area contributed by atoms with Gasteiger partial charge in [0.2, 0.25) is 0 Å². The lowest BCUT2D eigenvalue weighted by Crippen LogP contribution is -2.44. The molecule has 0 N–H and O–H groups in total. The van der Waals surface area contributed by atoms with Crippen LogP contribution in [0, 0.1) is 0 Å². The van der Waals surface area contributed by atoms with Gasteiger partial charge in [0.25, 0.3) is 0 Å². The predicted octanol–water partition coefficient (Wildman–Crippen LogP) is 25.4. The number of unbranched alkanes of at least 4 members (excludes halogenated alkanes) is 29. The summed E-state index contributed by atoms with van der Waals surface area (Å²) < 4.78 is 22.9. The Balaban J connectivity index is 4.07. The minimum absolute atomic E-state index is 0.141. The third kappa shape index (κ3) is 81.6. The van der Waals surface area contributed by atoms with Gasteiger partial charge in [-0.2, -0.15) is 0 Å². The Morgan fingerprint density at radius 2 is 0.535 bits per heavy atom. The highest BCUT2D eigenvalue weighted by Crippen LogP contribution is 2.18. The SMILES string of the molecule is CC/C=C\C/C=C\C/C=C\C/C=C\C/C=C\C/C=C\C/C=C\C/C=C\C/C=C\CCCCCCCCCCCCCCCC(=O)OC(COC(=O)CCCCCCCCCCCCCCCCCC/C=C\C/C=C\C/C=C\C/C=C\C/C=C\C/C=C\CC)COC(OCC[N+](C)(C)C)C(=O)[O-]. The van der Waals surface area contributed by atoms with Crippen molar-refractivity contribution < 1.29 is 42.9 Å². The average molecular weight is 1400 g/mol. The zero-order valence-corrected chi connectivity index (χ0v) is 65.5. The number of allylic oxidation sites excluding steroid dienone is 30. The largest absolute Gasteiger partial charge is 0.545 e. The Morgan fingerprint density at radius 3 is 0.792 bits per heavy atom. The first-order valence-corrected chi connectivity index (χ1v) is 40.9.